The van der Waals surface area contributed by atoms with Gasteiger partial charge in [0.1, 0.15) is 0 Å². The van der Waals surface area contributed by atoms with Crippen LogP contribution in [0.3, 0.4) is 0 Å². The van der Waals surface area contributed by atoms with Crippen molar-refractivity contribution >= 4 is 0 Å². The van der Waals surface area contributed by atoms with Crippen LogP contribution >= 0.6 is 0 Å². The van der Waals surface area contributed by atoms with E-state index in [1.165, 1.54) is 33.4 Å². The maximum absolute atomic E-state index is 6.11. The Morgan fingerprint density at radius 2 is 1.57 bits per heavy atom. The summed E-state index contributed by atoms with van der Waals surface area (Å²) in [6.07, 6.45) is 1.08. The third-order valence-corrected chi connectivity index (χ3v) is 4.72. The third kappa shape index (κ3) is 2.30. The molecule has 0 amide bonds. The summed E-state index contributed by atoms with van der Waals surface area (Å²) < 4.78 is 0. The van der Waals surface area contributed by atoms with E-state index in [2.05, 4.69) is 64.1 Å². The minimum absolute atomic E-state index is 0.178. The molecule has 110 valence electrons. The molecule has 1 nitrogen and oxygen atoms in total. The first-order valence-corrected chi connectivity index (χ1v) is 7.93. The zero-order valence-corrected chi connectivity index (χ0v) is 13.5. The van der Waals surface area contributed by atoms with Gasteiger partial charge in [-0.1, -0.05) is 64.1 Å². The average molecular weight is 279 g/mol. The van der Waals surface area contributed by atoms with Gasteiger partial charge in [0.05, 0.1) is 0 Å². The highest BCUT2D eigenvalue weighted by Crippen LogP contribution is 2.45. The van der Waals surface area contributed by atoms with E-state index < -0.39 is 0 Å². The summed E-state index contributed by atoms with van der Waals surface area (Å²) in [6.45, 7) is 9.69. The fraction of sp³-hybridized carbons (Fsp3) is 0.400. The summed E-state index contributed by atoms with van der Waals surface area (Å²) in [5, 5.41) is 0. The van der Waals surface area contributed by atoms with Crippen LogP contribution in [0.25, 0.3) is 11.1 Å². The molecule has 0 aromatic heterocycles. The van der Waals surface area contributed by atoms with Gasteiger partial charge in [-0.3, -0.25) is 0 Å². The normalized spacial score (nSPS) is 16.7. The Kier molecular flexibility index (Phi) is 3.41. The second-order valence-corrected chi connectivity index (χ2v) is 7.12. The molecule has 0 bridgehead atoms. The average Bonchev–Trinajstić information content (AvgIpc) is 2.78. The van der Waals surface area contributed by atoms with Crippen molar-refractivity contribution in [1.82, 2.24) is 0 Å². The van der Waals surface area contributed by atoms with Crippen molar-refractivity contribution in [3.05, 3.63) is 58.7 Å². The van der Waals surface area contributed by atoms with Crippen LogP contribution in [0, 0.1) is 0 Å². The monoisotopic (exact) mass is 279 g/mol. The van der Waals surface area contributed by atoms with E-state index >= 15 is 0 Å². The Balaban J connectivity index is 2.17. The summed E-state index contributed by atoms with van der Waals surface area (Å²) >= 11 is 0. The Labute approximate surface area is 128 Å². The second-order valence-electron chi connectivity index (χ2n) is 7.12. The minimum Gasteiger partial charge on any atom is -0.330 e. The summed E-state index contributed by atoms with van der Waals surface area (Å²) in [7, 11) is 0. The molecule has 2 N–H and O–H groups in total. The predicted octanol–water partition coefficient (Wildman–Crippen LogP) is 4.62. The van der Waals surface area contributed by atoms with Crippen LogP contribution in [0.1, 0.15) is 55.9 Å². The Morgan fingerprint density at radius 3 is 2.14 bits per heavy atom. The van der Waals surface area contributed by atoms with Crippen molar-refractivity contribution in [3.8, 4) is 11.1 Å². The lowest BCUT2D eigenvalue weighted by Gasteiger charge is -2.21. The largest absolute Gasteiger partial charge is 0.330 e. The molecule has 0 fully saturated rings. The molecule has 1 aliphatic rings. The van der Waals surface area contributed by atoms with Crippen LogP contribution < -0.4 is 5.73 Å². The fourth-order valence-electron chi connectivity index (χ4n) is 3.35. The van der Waals surface area contributed by atoms with E-state index in [9.17, 15) is 0 Å². The van der Waals surface area contributed by atoms with Crippen LogP contribution in [0.15, 0.2) is 36.4 Å². The Bertz CT molecular complexity index is 677. The highest BCUT2D eigenvalue weighted by Gasteiger charge is 2.29. The molecule has 0 radical (unpaired) electrons. The van der Waals surface area contributed by atoms with Crippen molar-refractivity contribution in [2.75, 3.05) is 6.54 Å². The van der Waals surface area contributed by atoms with E-state index in [1.54, 1.807) is 0 Å². The maximum Gasteiger partial charge on any atom is 0.0225 e. The van der Waals surface area contributed by atoms with Gasteiger partial charge in [-0.05, 0) is 45.2 Å². The van der Waals surface area contributed by atoms with Gasteiger partial charge in [0.2, 0.25) is 0 Å². The SMILES string of the molecule is CCc1ccc2c(c1)C(CN)c1cc(C(C)(C)C)ccc1-2. The predicted molar refractivity (Wildman–Crippen MR) is 90.9 cm³/mol. The van der Waals surface area contributed by atoms with Gasteiger partial charge in [-0.2, -0.15) is 0 Å². The fourth-order valence-corrected chi connectivity index (χ4v) is 3.35. The Hall–Kier alpha value is -1.60. The zero-order chi connectivity index (χ0) is 15.2. The molecule has 1 heteroatoms. The minimum atomic E-state index is 0.178. The van der Waals surface area contributed by atoms with Gasteiger partial charge in [0.15, 0.2) is 0 Å². The molecule has 1 unspecified atom stereocenters. The molecule has 3 rings (SSSR count). The van der Waals surface area contributed by atoms with Gasteiger partial charge < -0.3 is 5.73 Å². The summed E-state index contributed by atoms with van der Waals surface area (Å²) in [5.74, 6) is 0.351. The van der Waals surface area contributed by atoms with Crippen molar-refractivity contribution in [2.24, 2.45) is 5.73 Å². The van der Waals surface area contributed by atoms with Crippen LogP contribution in [0.5, 0.6) is 0 Å². The van der Waals surface area contributed by atoms with E-state index in [-0.39, 0.29) is 5.41 Å². The van der Waals surface area contributed by atoms with Crippen molar-refractivity contribution < 1.29 is 0 Å². The number of hydrogen-bond donors (Lipinski definition) is 1. The molecule has 21 heavy (non-hydrogen) atoms. The summed E-state index contributed by atoms with van der Waals surface area (Å²) in [6, 6.07) is 13.8. The molecule has 1 aliphatic carbocycles. The molecular weight excluding hydrogens is 254 g/mol. The van der Waals surface area contributed by atoms with E-state index in [0.717, 1.165) is 6.42 Å². The molecule has 2 aromatic carbocycles. The number of nitrogens with two attached hydrogens (primary N) is 1. The van der Waals surface area contributed by atoms with E-state index in [4.69, 9.17) is 5.73 Å². The highest BCUT2D eigenvalue weighted by atomic mass is 14.6. The van der Waals surface area contributed by atoms with Crippen molar-refractivity contribution in [1.29, 1.82) is 0 Å². The van der Waals surface area contributed by atoms with Crippen LogP contribution in [-0.4, -0.2) is 6.54 Å². The van der Waals surface area contributed by atoms with E-state index in [0.29, 0.717) is 12.5 Å². The molecule has 0 saturated carbocycles. The first-order valence-electron chi connectivity index (χ1n) is 7.93. The van der Waals surface area contributed by atoms with Crippen LogP contribution in [0.4, 0.5) is 0 Å². The number of fused-ring (bicyclic) bond motifs is 3. The number of hydrogen-bond acceptors (Lipinski definition) is 1. The second kappa shape index (κ2) is 4.99. The number of rotatable bonds is 2. The standard InChI is InChI=1S/C20H25N/c1-5-13-6-8-15-16-9-7-14(20(2,3)4)11-18(16)19(12-21)17(15)10-13/h6-11,19H,5,12,21H2,1-4H3. The lowest BCUT2D eigenvalue weighted by molar-refractivity contribution is 0.589. The van der Waals surface area contributed by atoms with Gasteiger partial charge >= 0.3 is 0 Å². The third-order valence-electron chi connectivity index (χ3n) is 4.72. The van der Waals surface area contributed by atoms with Gasteiger partial charge in [-0.15, -0.1) is 0 Å². The molecule has 2 aromatic rings. The summed E-state index contributed by atoms with van der Waals surface area (Å²) in [4.78, 5) is 0. The highest BCUT2D eigenvalue weighted by molar-refractivity contribution is 5.79. The van der Waals surface area contributed by atoms with E-state index in [1.807, 2.05) is 0 Å². The smallest absolute Gasteiger partial charge is 0.0225 e. The summed E-state index contributed by atoms with van der Waals surface area (Å²) in [5.41, 5.74) is 14.7. The number of aryl methyl sites for hydroxylation is 1. The van der Waals surface area contributed by atoms with Crippen LogP contribution in [0.2, 0.25) is 0 Å². The maximum atomic E-state index is 6.11. The topological polar surface area (TPSA) is 26.0 Å². The number of benzene rings is 2. The first kappa shape index (κ1) is 14.3. The molecule has 0 spiro atoms. The first-order chi connectivity index (χ1) is 9.95. The van der Waals surface area contributed by atoms with Crippen molar-refractivity contribution in [3.63, 3.8) is 0 Å². The van der Waals surface area contributed by atoms with Gasteiger partial charge in [0, 0.05) is 12.5 Å². The molecular formula is C20H25N. The van der Waals surface area contributed by atoms with Crippen LogP contribution in [-0.2, 0) is 11.8 Å². The molecule has 0 heterocycles. The van der Waals surface area contributed by atoms with Gasteiger partial charge in [-0.25, -0.2) is 0 Å². The zero-order valence-electron chi connectivity index (χ0n) is 13.5. The molecule has 1 atom stereocenters. The Morgan fingerprint density at radius 1 is 0.952 bits per heavy atom. The lowest BCUT2D eigenvalue weighted by Crippen LogP contribution is -2.14. The molecule has 0 aliphatic heterocycles. The lowest BCUT2D eigenvalue weighted by atomic mass is 9.84. The van der Waals surface area contributed by atoms with Gasteiger partial charge in [0.25, 0.3) is 0 Å². The molecule has 0 saturated heterocycles. The van der Waals surface area contributed by atoms with Crippen molar-refractivity contribution in [2.45, 2.75) is 45.4 Å². The quantitative estimate of drug-likeness (QED) is 0.853.